The van der Waals surface area contributed by atoms with Crippen LogP contribution in [0.4, 0.5) is 0 Å². The lowest BCUT2D eigenvalue weighted by atomic mass is 10.1. The zero-order chi connectivity index (χ0) is 17.9. The predicted octanol–water partition coefficient (Wildman–Crippen LogP) is 4.74. The monoisotopic (exact) mass is 366 g/mol. The van der Waals surface area contributed by atoms with E-state index in [9.17, 15) is 4.79 Å². The number of hydrogen-bond donors (Lipinski definition) is 0. The summed E-state index contributed by atoms with van der Waals surface area (Å²) < 4.78 is 7.05. The van der Waals surface area contributed by atoms with Crippen molar-refractivity contribution in [1.82, 2.24) is 9.88 Å². The molecule has 3 aromatic rings. The molecule has 0 bridgehead atoms. The third kappa shape index (κ3) is 3.58. The highest BCUT2D eigenvalue weighted by molar-refractivity contribution is 7.21. The molecule has 1 aliphatic rings. The van der Waals surface area contributed by atoms with Crippen LogP contribution >= 0.6 is 11.3 Å². The second-order valence-corrected chi connectivity index (χ2v) is 7.69. The maximum absolute atomic E-state index is 12.5. The van der Waals surface area contributed by atoms with Gasteiger partial charge in [0.2, 0.25) is 0 Å². The minimum atomic E-state index is -0.457. The van der Waals surface area contributed by atoms with Crippen molar-refractivity contribution in [3.63, 3.8) is 0 Å². The minimum absolute atomic E-state index is 0.0833. The first-order valence-corrected chi connectivity index (χ1v) is 9.94. The number of hydrogen-bond acceptors (Lipinski definition) is 4. The molecule has 26 heavy (non-hydrogen) atoms. The van der Waals surface area contributed by atoms with Crippen LogP contribution in [-0.4, -0.2) is 35.0 Å². The van der Waals surface area contributed by atoms with E-state index in [0.29, 0.717) is 5.75 Å². The van der Waals surface area contributed by atoms with Crippen LogP contribution in [0.1, 0.15) is 26.2 Å². The lowest BCUT2D eigenvalue weighted by Crippen LogP contribution is -2.43. The molecule has 5 heteroatoms. The Morgan fingerprint density at radius 1 is 1.08 bits per heavy atom. The summed E-state index contributed by atoms with van der Waals surface area (Å²) in [5, 5.41) is 0.996. The van der Waals surface area contributed by atoms with E-state index in [1.54, 1.807) is 11.3 Å². The summed E-state index contributed by atoms with van der Waals surface area (Å²) >= 11 is 1.68. The van der Waals surface area contributed by atoms with Gasteiger partial charge in [0.1, 0.15) is 10.8 Å². The van der Waals surface area contributed by atoms with Crippen molar-refractivity contribution >= 4 is 27.5 Å². The van der Waals surface area contributed by atoms with Crippen molar-refractivity contribution in [2.45, 2.75) is 32.3 Å². The molecule has 1 fully saturated rings. The van der Waals surface area contributed by atoms with Crippen molar-refractivity contribution in [2.24, 2.45) is 0 Å². The Morgan fingerprint density at radius 3 is 2.54 bits per heavy atom. The molecule has 1 aromatic heterocycles. The van der Waals surface area contributed by atoms with Crippen molar-refractivity contribution in [2.75, 3.05) is 13.1 Å². The van der Waals surface area contributed by atoms with Gasteiger partial charge in [-0.2, -0.15) is 0 Å². The average molecular weight is 366 g/mol. The second-order valence-electron chi connectivity index (χ2n) is 6.66. The zero-order valence-electron chi connectivity index (χ0n) is 14.9. The number of piperidine rings is 1. The molecule has 2 aromatic carbocycles. The van der Waals surface area contributed by atoms with Crippen molar-refractivity contribution in [3.05, 3.63) is 48.5 Å². The summed E-state index contributed by atoms with van der Waals surface area (Å²) in [6.45, 7) is 3.53. The highest BCUT2D eigenvalue weighted by atomic mass is 32.1. The fourth-order valence-electron chi connectivity index (χ4n) is 3.30. The Balaban J connectivity index is 1.44. The molecule has 0 unspecified atom stereocenters. The van der Waals surface area contributed by atoms with E-state index in [1.807, 2.05) is 54.3 Å². The first kappa shape index (κ1) is 17.0. The first-order chi connectivity index (χ1) is 12.7. The molecule has 134 valence electrons. The smallest absolute Gasteiger partial charge is 0.263 e. The van der Waals surface area contributed by atoms with E-state index in [4.69, 9.17) is 4.74 Å². The standard InChI is InChI=1S/C21H22N2O2S/c1-15(21(24)23-13-5-2-6-14-23)25-17-11-9-16(10-12-17)20-22-18-7-3-4-8-19(18)26-20/h3-4,7-12,15H,2,5-6,13-14H2,1H3/t15-/m1/s1. The highest BCUT2D eigenvalue weighted by Crippen LogP contribution is 2.31. The number of rotatable bonds is 4. The quantitative estimate of drug-likeness (QED) is 0.669. The summed E-state index contributed by atoms with van der Waals surface area (Å²) in [7, 11) is 0. The predicted molar refractivity (Wildman–Crippen MR) is 106 cm³/mol. The molecule has 0 saturated carbocycles. The topological polar surface area (TPSA) is 42.4 Å². The van der Waals surface area contributed by atoms with Gasteiger partial charge in [-0.15, -0.1) is 11.3 Å². The van der Waals surface area contributed by atoms with Crippen LogP contribution in [0.15, 0.2) is 48.5 Å². The van der Waals surface area contributed by atoms with Gasteiger partial charge in [-0.1, -0.05) is 12.1 Å². The molecular formula is C21H22N2O2S. The molecule has 0 radical (unpaired) electrons. The molecule has 0 spiro atoms. The third-order valence-electron chi connectivity index (χ3n) is 4.72. The van der Waals surface area contributed by atoms with Crippen LogP contribution < -0.4 is 4.74 Å². The van der Waals surface area contributed by atoms with Crippen molar-refractivity contribution in [3.8, 4) is 16.3 Å². The molecule has 0 N–H and O–H groups in total. The summed E-state index contributed by atoms with van der Waals surface area (Å²) in [5.41, 5.74) is 2.09. The Bertz CT molecular complexity index is 865. The SMILES string of the molecule is C[C@@H](Oc1ccc(-c2nc3ccccc3s2)cc1)C(=O)N1CCCCC1. The Hall–Kier alpha value is -2.40. The van der Waals surface area contributed by atoms with Gasteiger partial charge in [-0.05, 0) is 62.6 Å². The number of likely N-dealkylation sites (tertiary alicyclic amines) is 1. The Morgan fingerprint density at radius 2 is 1.81 bits per heavy atom. The summed E-state index contributed by atoms with van der Waals surface area (Å²) in [6.07, 6.45) is 2.94. The maximum atomic E-state index is 12.5. The number of thiazole rings is 1. The van der Waals surface area contributed by atoms with E-state index >= 15 is 0 Å². The van der Waals surface area contributed by atoms with Gasteiger partial charge >= 0.3 is 0 Å². The van der Waals surface area contributed by atoms with Crippen LogP contribution in [0, 0.1) is 0 Å². The van der Waals surface area contributed by atoms with Gasteiger partial charge in [-0.25, -0.2) is 4.98 Å². The number of aromatic nitrogens is 1. The van der Waals surface area contributed by atoms with Gasteiger partial charge in [0, 0.05) is 18.7 Å². The van der Waals surface area contributed by atoms with Crippen LogP contribution in [0.25, 0.3) is 20.8 Å². The second kappa shape index (κ2) is 7.46. The molecular weight excluding hydrogens is 344 g/mol. The highest BCUT2D eigenvalue weighted by Gasteiger charge is 2.23. The number of amides is 1. The Labute approximate surface area is 157 Å². The number of para-hydroxylation sites is 1. The van der Waals surface area contributed by atoms with Gasteiger partial charge in [0.25, 0.3) is 5.91 Å². The summed E-state index contributed by atoms with van der Waals surface area (Å²) in [6, 6.07) is 16.0. The zero-order valence-corrected chi connectivity index (χ0v) is 15.7. The maximum Gasteiger partial charge on any atom is 0.263 e. The number of fused-ring (bicyclic) bond motifs is 1. The third-order valence-corrected chi connectivity index (χ3v) is 5.81. The molecule has 2 heterocycles. The fourth-order valence-corrected chi connectivity index (χ4v) is 4.27. The number of nitrogens with zero attached hydrogens (tertiary/aromatic N) is 2. The average Bonchev–Trinajstić information content (AvgIpc) is 3.13. The van der Waals surface area contributed by atoms with Crippen LogP contribution in [0.3, 0.4) is 0 Å². The number of carbonyl (C=O) groups is 1. The molecule has 1 saturated heterocycles. The minimum Gasteiger partial charge on any atom is -0.481 e. The Kier molecular flexibility index (Phi) is 4.89. The van der Waals surface area contributed by atoms with Crippen LogP contribution in [0.5, 0.6) is 5.75 Å². The molecule has 0 aliphatic carbocycles. The van der Waals surface area contributed by atoms with Gasteiger partial charge in [0.05, 0.1) is 10.2 Å². The van der Waals surface area contributed by atoms with Crippen molar-refractivity contribution in [1.29, 1.82) is 0 Å². The number of benzene rings is 2. The molecule has 1 amide bonds. The van der Waals surface area contributed by atoms with E-state index in [-0.39, 0.29) is 5.91 Å². The lowest BCUT2D eigenvalue weighted by molar-refractivity contribution is -0.138. The molecule has 4 nitrogen and oxygen atoms in total. The van der Waals surface area contributed by atoms with E-state index in [2.05, 4.69) is 11.1 Å². The van der Waals surface area contributed by atoms with Gasteiger partial charge in [-0.3, -0.25) is 4.79 Å². The largest absolute Gasteiger partial charge is 0.481 e. The molecule has 1 atom stereocenters. The number of carbonyl (C=O) groups excluding carboxylic acids is 1. The van der Waals surface area contributed by atoms with Crippen LogP contribution in [0.2, 0.25) is 0 Å². The summed E-state index contributed by atoms with van der Waals surface area (Å²) in [4.78, 5) is 19.1. The van der Waals surface area contributed by atoms with Gasteiger partial charge < -0.3 is 9.64 Å². The van der Waals surface area contributed by atoms with E-state index in [1.165, 1.54) is 11.1 Å². The van der Waals surface area contributed by atoms with E-state index in [0.717, 1.165) is 42.0 Å². The van der Waals surface area contributed by atoms with Crippen LogP contribution in [-0.2, 0) is 4.79 Å². The van der Waals surface area contributed by atoms with Gasteiger partial charge in [0.15, 0.2) is 6.10 Å². The van der Waals surface area contributed by atoms with Crippen molar-refractivity contribution < 1.29 is 9.53 Å². The molecule has 4 rings (SSSR count). The number of ether oxygens (including phenoxy) is 1. The lowest BCUT2D eigenvalue weighted by Gasteiger charge is -2.29. The molecule has 1 aliphatic heterocycles. The summed E-state index contributed by atoms with van der Waals surface area (Å²) in [5.74, 6) is 0.799. The normalized spacial score (nSPS) is 15.8. The first-order valence-electron chi connectivity index (χ1n) is 9.12. The van der Waals surface area contributed by atoms with E-state index < -0.39 is 6.10 Å². The fraction of sp³-hybridized carbons (Fsp3) is 0.333.